The van der Waals surface area contributed by atoms with Crippen LogP contribution in [0.5, 0.6) is 5.75 Å². The summed E-state index contributed by atoms with van der Waals surface area (Å²) in [5, 5.41) is 2.82. The summed E-state index contributed by atoms with van der Waals surface area (Å²) in [5.41, 5.74) is 0. The molecule has 1 aromatic rings. The lowest BCUT2D eigenvalue weighted by Crippen LogP contribution is -2.70. The number of rotatable bonds is 3. The van der Waals surface area contributed by atoms with Crippen molar-refractivity contribution in [2.24, 2.45) is 5.92 Å². The molecule has 134 valence electrons. The van der Waals surface area contributed by atoms with Crippen molar-refractivity contribution >= 4 is 17.9 Å². The van der Waals surface area contributed by atoms with Crippen LogP contribution < -0.4 is 10.1 Å². The number of hydrogen-bond acceptors (Lipinski definition) is 4. The summed E-state index contributed by atoms with van der Waals surface area (Å²) in [6, 6.07) is 7.66. The highest BCUT2D eigenvalue weighted by atomic mass is 16.6. The summed E-state index contributed by atoms with van der Waals surface area (Å²) in [6.45, 7) is 4.79. The molecular weight excluding hydrogens is 322 g/mol. The van der Waals surface area contributed by atoms with Gasteiger partial charge in [-0.15, -0.1) is 0 Å². The van der Waals surface area contributed by atoms with Crippen LogP contribution in [0.2, 0.25) is 0 Å². The number of carbonyl (C=O) groups excluding carboxylic acids is 3. The van der Waals surface area contributed by atoms with E-state index in [0.29, 0.717) is 18.8 Å². The van der Waals surface area contributed by atoms with Crippen molar-refractivity contribution in [3.63, 3.8) is 0 Å². The van der Waals surface area contributed by atoms with Crippen LogP contribution in [-0.2, 0) is 9.59 Å². The summed E-state index contributed by atoms with van der Waals surface area (Å²) in [5.74, 6) is 0.270. The summed E-state index contributed by atoms with van der Waals surface area (Å²) in [4.78, 5) is 40.5. The molecule has 7 heteroatoms. The lowest BCUT2D eigenvalue weighted by atomic mass is 9.93. The van der Waals surface area contributed by atoms with Gasteiger partial charge in [-0.2, -0.15) is 0 Å². The molecule has 7 nitrogen and oxygen atoms in total. The minimum Gasteiger partial charge on any atom is -0.410 e. The Morgan fingerprint density at radius 2 is 2.00 bits per heavy atom. The fraction of sp³-hybridized carbons (Fsp3) is 0.500. The Bertz CT molecular complexity index is 664. The van der Waals surface area contributed by atoms with Crippen LogP contribution in [0.15, 0.2) is 30.3 Å². The maximum atomic E-state index is 12.6. The van der Waals surface area contributed by atoms with Crippen LogP contribution >= 0.6 is 0 Å². The van der Waals surface area contributed by atoms with Crippen LogP contribution in [0, 0.1) is 5.92 Å². The number of carbonyl (C=O) groups is 3. The minimum atomic E-state index is -0.648. The van der Waals surface area contributed by atoms with Crippen LogP contribution in [0.3, 0.4) is 0 Å². The second kappa shape index (κ2) is 7.13. The zero-order valence-corrected chi connectivity index (χ0v) is 14.5. The highest BCUT2D eigenvalue weighted by Gasteiger charge is 2.45. The molecule has 1 N–H and O–H groups in total. The molecule has 0 spiro atoms. The number of nitrogens with one attached hydrogen (secondary N) is 1. The third-order valence-electron chi connectivity index (χ3n) is 4.95. The second-order valence-electron chi connectivity index (χ2n) is 6.55. The first kappa shape index (κ1) is 17.3. The SMILES string of the molecule is CC[C@H](C)[C@@H]1NC(=O)[C@H]2CN(C(=O)Oc3ccccc3)CCN2C1=O. The van der Waals surface area contributed by atoms with Gasteiger partial charge >= 0.3 is 6.09 Å². The van der Waals surface area contributed by atoms with Gasteiger partial charge < -0.3 is 19.9 Å². The van der Waals surface area contributed by atoms with Gasteiger partial charge in [-0.05, 0) is 18.1 Å². The number of hydrogen-bond donors (Lipinski definition) is 1. The molecule has 2 aliphatic rings. The number of amides is 3. The van der Waals surface area contributed by atoms with Gasteiger partial charge in [0.15, 0.2) is 0 Å². The molecule has 3 amide bonds. The highest BCUT2D eigenvalue weighted by Crippen LogP contribution is 2.22. The van der Waals surface area contributed by atoms with Crippen molar-refractivity contribution < 1.29 is 19.1 Å². The molecule has 2 fully saturated rings. The van der Waals surface area contributed by atoms with E-state index in [4.69, 9.17) is 4.74 Å². The normalized spacial score (nSPS) is 24.4. The summed E-state index contributed by atoms with van der Waals surface area (Å²) >= 11 is 0. The van der Waals surface area contributed by atoms with E-state index < -0.39 is 18.2 Å². The van der Waals surface area contributed by atoms with Gasteiger partial charge in [0.2, 0.25) is 11.8 Å². The van der Waals surface area contributed by atoms with E-state index in [0.717, 1.165) is 6.42 Å². The quantitative estimate of drug-likeness (QED) is 0.894. The number of nitrogens with zero attached hydrogens (tertiary/aromatic N) is 2. The maximum absolute atomic E-state index is 12.6. The number of fused-ring (bicyclic) bond motifs is 1. The van der Waals surface area contributed by atoms with E-state index in [1.54, 1.807) is 29.2 Å². The first-order chi connectivity index (χ1) is 12.0. The summed E-state index contributed by atoms with van der Waals surface area (Å²) < 4.78 is 5.32. The van der Waals surface area contributed by atoms with E-state index in [2.05, 4.69) is 5.32 Å². The molecular formula is C18H23N3O4. The van der Waals surface area contributed by atoms with E-state index in [-0.39, 0.29) is 24.3 Å². The van der Waals surface area contributed by atoms with Crippen molar-refractivity contribution in [1.29, 1.82) is 0 Å². The molecule has 0 radical (unpaired) electrons. The van der Waals surface area contributed by atoms with Gasteiger partial charge in [-0.3, -0.25) is 9.59 Å². The molecule has 1 aromatic carbocycles. The molecule has 25 heavy (non-hydrogen) atoms. The number of para-hydroxylation sites is 1. The van der Waals surface area contributed by atoms with Crippen LogP contribution in [0.25, 0.3) is 0 Å². The maximum Gasteiger partial charge on any atom is 0.415 e. The Kier molecular flexibility index (Phi) is 4.92. The third kappa shape index (κ3) is 3.45. The third-order valence-corrected chi connectivity index (χ3v) is 4.95. The van der Waals surface area contributed by atoms with Gasteiger partial charge in [0.25, 0.3) is 0 Å². The van der Waals surface area contributed by atoms with Crippen LogP contribution in [-0.4, -0.2) is 59.4 Å². The first-order valence-electron chi connectivity index (χ1n) is 8.64. The van der Waals surface area contributed by atoms with E-state index in [9.17, 15) is 14.4 Å². The van der Waals surface area contributed by atoms with Crippen LogP contribution in [0.4, 0.5) is 4.79 Å². The number of benzene rings is 1. The monoisotopic (exact) mass is 345 g/mol. The lowest BCUT2D eigenvalue weighted by Gasteiger charge is -2.45. The van der Waals surface area contributed by atoms with Gasteiger partial charge in [0, 0.05) is 13.1 Å². The predicted molar refractivity (Wildman–Crippen MR) is 90.9 cm³/mol. The van der Waals surface area contributed by atoms with Crippen LogP contribution in [0.1, 0.15) is 20.3 Å². The van der Waals surface area contributed by atoms with Gasteiger partial charge in [-0.25, -0.2) is 4.79 Å². The predicted octanol–water partition coefficient (Wildman–Crippen LogP) is 1.24. The Balaban J connectivity index is 1.66. The minimum absolute atomic E-state index is 0.0602. The Morgan fingerprint density at radius 1 is 1.28 bits per heavy atom. The summed E-state index contributed by atoms with van der Waals surface area (Å²) in [7, 11) is 0. The van der Waals surface area contributed by atoms with E-state index in [1.807, 2.05) is 19.9 Å². The van der Waals surface area contributed by atoms with Crippen molar-refractivity contribution in [2.75, 3.05) is 19.6 Å². The molecule has 0 bridgehead atoms. The molecule has 2 saturated heterocycles. The molecule has 0 aliphatic carbocycles. The van der Waals surface area contributed by atoms with E-state index in [1.165, 1.54) is 4.90 Å². The number of ether oxygens (including phenoxy) is 1. The van der Waals surface area contributed by atoms with Crippen molar-refractivity contribution in [1.82, 2.24) is 15.1 Å². The molecule has 0 aromatic heterocycles. The smallest absolute Gasteiger partial charge is 0.410 e. The van der Waals surface area contributed by atoms with Crippen molar-refractivity contribution in [2.45, 2.75) is 32.4 Å². The lowest BCUT2D eigenvalue weighted by molar-refractivity contribution is -0.153. The van der Waals surface area contributed by atoms with Gasteiger partial charge in [0.05, 0.1) is 6.54 Å². The Morgan fingerprint density at radius 3 is 2.68 bits per heavy atom. The fourth-order valence-electron chi connectivity index (χ4n) is 3.20. The van der Waals surface area contributed by atoms with Crippen molar-refractivity contribution in [3.8, 4) is 5.75 Å². The largest absolute Gasteiger partial charge is 0.415 e. The second-order valence-corrected chi connectivity index (χ2v) is 6.55. The molecule has 3 rings (SSSR count). The zero-order chi connectivity index (χ0) is 18.0. The standard InChI is InChI=1S/C18H23N3O4/c1-3-12(2)15-17(23)21-10-9-20(11-14(21)16(22)19-15)18(24)25-13-7-5-4-6-8-13/h4-8,12,14-15H,3,9-11H2,1-2H3,(H,19,22)/t12-,14+,15-/m0/s1. The molecule has 0 unspecified atom stereocenters. The molecule has 3 atom stereocenters. The van der Waals surface area contributed by atoms with Gasteiger partial charge in [-0.1, -0.05) is 38.5 Å². The molecule has 2 aliphatic heterocycles. The average Bonchev–Trinajstić information content (AvgIpc) is 2.64. The number of piperazine rings is 2. The summed E-state index contributed by atoms with van der Waals surface area (Å²) in [6.07, 6.45) is 0.306. The first-order valence-corrected chi connectivity index (χ1v) is 8.64. The Hall–Kier alpha value is -2.57. The zero-order valence-electron chi connectivity index (χ0n) is 14.5. The van der Waals surface area contributed by atoms with Crippen molar-refractivity contribution in [3.05, 3.63) is 30.3 Å². The highest BCUT2D eigenvalue weighted by molar-refractivity contribution is 5.97. The molecule has 2 heterocycles. The average molecular weight is 345 g/mol. The fourth-order valence-corrected chi connectivity index (χ4v) is 3.20. The Labute approximate surface area is 146 Å². The topological polar surface area (TPSA) is 79.0 Å². The van der Waals surface area contributed by atoms with E-state index >= 15 is 0 Å². The van der Waals surface area contributed by atoms with Gasteiger partial charge in [0.1, 0.15) is 17.8 Å². The molecule has 0 saturated carbocycles.